The van der Waals surface area contributed by atoms with Crippen molar-refractivity contribution < 1.29 is 13.2 Å². The zero-order chi connectivity index (χ0) is 17.9. The van der Waals surface area contributed by atoms with Gasteiger partial charge in [-0.05, 0) is 48.7 Å². The third-order valence-corrected chi connectivity index (χ3v) is 5.74. The van der Waals surface area contributed by atoms with Gasteiger partial charge in [-0.2, -0.15) is 0 Å². The average molecular weight is 379 g/mol. The number of nitrogens with one attached hydrogen (secondary N) is 1. The Morgan fingerprint density at radius 3 is 2.40 bits per heavy atom. The van der Waals surface area contributed by atoms with Crippen molar-refractivity contribution in [2.24, 2.45) is 0 Å². The molecule has 3 rings (SSSR count). The summed E-state index contributed by atoms with van der Waals surface area (Å²) in [6, 6.07) is 12.9. The van der Waals surface area contributed by atoms with Crippen molar-refractivity contribution in [3.05, 3.63) is 59.1 Å². The van der Waals surface area contributed by atoms with Crippen LogP contribution in [-0.2, 0) is 21.2 Å². The van der Waals surface area contributed by atoms with E-state index >= 15 is 0 Å². The summed E-state index contributed by atoms with van der Waals surface area (Å²) in [6.07, 6.45) is 2.47. The quantitative estimate of drug-likeness (QED) is 0.868. The van der Waals surface area contributed by atoms with E-state index in [-0.39, 0.29) is 10.8 Å². The Kier molecular flexibility index (Phi) is 5.30. The van der Waals surface area contributed by atoms with Crippen LogP contribution in [0.15, 0.2) is 53.4 Å². The molecule has 0 unspecified atom stereocenters. The second-order valence-corrected chi connectivity index (χ2v) is 8.14. The molecule has 7 heteroatoms. The molecule has 0 atom stereocenters. The van der Waals surface area contributed by atoms with E-state index in [1.807, 2.05) is 4.90 Å². The van der Waals surface area contributed by atoms with Gasteiger partial charge in [0.15, 0.2) is 0 Å². The molecule has 0 radical (unpaired) electrons. The highest BCUT2D eigenvalue weighted by Gasteiger charge is 2.18. The van der Waals surface area contributed by atoms with Gasteiger partial charge in [0.1, 0.15) is 0 Å². The van der Waals surface area contributed by atoms with Crippen molar-refractivity contribution in [1.82, 2.24) is 4.90 Å². The van der Waals surface area contributed by atoms with Crippen LogP contribution >= 0.6 is 11.6 Å². The summed E-state index contributed by atoms with van der Waals surface area (Å²) in [5.74, 6) is 0.116. The molecule has 2 aromatic rings. The van der Waals surface area contributed by atoms with Crippen molar-refractivity contribution in [3.8, 4) is 0 Å². The molecule has 1 N–H and O–H groups in total. The van der Waals surface area contributed by atoms with Crippen LogP contribution in [0.25, 0.3) is 0 Å². The number of hydrogen-bond acceptors (Lipinski definition) is 3. The lowest BCUT2D eigenvalue weighted by atomic mass is 10.1. The molecule has 1 saturated heterocycles. The zero-order valence-electron chi connectivity index (χ0n) is 13.6. The Morgan fingerprint density at radius 1 is 1.08 bits per heavy atom. The molecule has 5 nitrogen and oxygen atoms in total. The molecule has 0 bridgehead atoms. The third-order valence-electron chi connectivity index (χ3n) is 4.13. The Morgan fingerprint density at radius 2 is 1.76 bits per heavy atom. The van der Waals surface area contributed by atoms with E-state index in [0.29, 0.717) is 17.1 Å². The van der Waals surface area contributed by atoms with Crippen LogP contribution in [0.1, 0.15) is 18.4 Å². The zero-order valence-corrected chi connectivity index (χ0v) is 15.2. The number of anilines is 1. The summed E-state index contributed by atoms with van der Waals surface area (Å²) >= 11 is 5.85. The molecule has 0 aromatic heterocycles. The first-order chi connectivity index (χ1) is 11.9. The smallest absolute Gasteiger partial charge is 0.261 e. The van der Waals surface area contributed by atoms with Crippen LogP contribution in [0.3, 0.4) is 0 Å². The summed E-state index contributed by atoms with van der Waals surface area (Å²) in [5, 5.41) is 0.360. The summed E-state index contributed by atoms with van der Waals surface area (Å²) in [4.78, 5) is 14.1. The van der Waals surface area contributed by atoms with Crippen molar-refractivity contribution in [2.45, 2.75) is 24.2 Å². The van der Waals surface area contributed by atoms with Gasteiger partial charge in [0.2, 0.25) is 5.91 Å². The summed E-state index contributed by atoms with van der Waals surface area (Å²) < 4.78 is 27.2. The Hall–Kier alpha value is -2.05. The number of rotatable bonds is 5. The predicted molar refractivity (Wildman–Crippen MR) is 98.2 cm³/mol. The van der Waals surface area contributed by atoms with Crippen molar-refractivity contribution in [2.75, 3.05) is 17.8 Å². The van der Waals surface area contributed by atoms with E-state index in [0.717, 1.165) is 31.5 Å². The fourth-order valence-electron chi connectivity index (χ4n) is 2.79. The summed E-state index contributed by atoms with van der Waals surface area (Å²) in [6.45, 7) is 1.66. The highest BCUT2D eigenvalue weighted by Crippen LogP contribution is 2.20. The van der Waals surface area contributed by atoms with E-state index < -0.39 is 10.0 Å². The lowest BCUT2D eigenvalue weighted by Gasteiger charge is -2.15. The van der Waals surface area contributed by atoms with Crippen molar-refractivity contribution in [3.63, 3.8) is 0 Å². The van der Waals surface area contributed by atoms with Crippen LogP contribution in [-0.4, -0.2) is 32.3 Å². The number of carbonyl (C=O) groups is 1. The SMILES string of the molecule is O=C(Cc1ccc(NS(=O)(=O)c2cccc(Cl)c2)cc1)N1CCCC1. The second kappa shape index (κ2) is 7.45. The molecule has 25 heavy (non-hydrogen) atoms. The van der Waals surface area contributed by atoms with Gasteiger partial charge in [-0.1, -0.05) is 29.8 Å². The minimum atomic E-state index is -3.69. The van der Waals surface area contributed by atoms with Crippen LogP contribution in [0, 0.1) is 0 Å². The maximum absolute atomic E-state index is 12.4. The van der Waals surface area contributed by atoms with Crippen LogP contribution in [0.2, 0.25) is 5.02 Å². The molecular formula is C18H19ClN2O3S. The van der Waals surface area contributed by atoms with Gasteiger partial charge in [-0.3, -0.25) is 9.52 Å². The monoisotopic (exact) mass is 378 g/mol. The number of carbonyl (C=O) groups excluding carboxylic acids is 1. The maximum atomic E-state index is 12.4. The largest absolute Gasteiger partial charge is 0.342 e. The third kappa shape index (κ3) is 4.52. The second-order valence-electron chi connectivity index (χ2n) is 6.02. The van der Waals surface area contributed by atoms with Gasteiger partial charge in [-0.25, -0.2) is 8.42 Å². The van der Waals surface area contributed by atoms with E-state index in [1.165, 1.54) is 12.1 Å². The normalized spacial score (nSPS) is 14.5. The summed E-state index contributed by atoms with van der Waals surface area (Å²) in [5.41, 5.74) is 1.31. The molecular weight excluding hydrogens is 360 g/mol. The lowest BCUT2D eigenvalue weighted by Crippen LogP contribution is -2.29. The van der Waals surface area contributed by atoms with Gasteiger partial charge >= 0.3 is 0 Å². The molecule has 1 aliphatic heterocycles. The number of nitrogens with zero attached hydrogens (tertiary/aromatic N) is 1. The minimum absolute atomic E-state index is 0.105. The Labute approximate surface area is 152 Å². The highest BCUT2D eigenvalue weighted by molar-refractivity contribution is 7.92. The number of sulfonamides is 1. The Bertz CT molecular complexity index is 860. The minimum Gasteiger partial charge on any atom is -0.342 e. The number of halogens is 1. The first-order valence-corrected chi connectivity index (χ1v) is 9.95. The van der Waals surface area contributed by atoms with Crippen LogP contribution < -0.4 is 4.72 Å². The number of amides is 1. The molecule has 132 valence electrons. The van der Waals surface area contributed by atoms with Gasteiger partial charge in [0.25, 0.3) is 10.0 Å². The first kappa shape index (κ1) is 17.8. The highest BCUT2D eigenvalue weighted by atomic mass is 35.5. The number of hydrogen-bond donors (Lipinski definition) is 1. The molecule has 2 aromatic carbocycles. The molecule has 1 fully saturated rings. The van der Waals surface area contributed by atoms with E-state index in [9.17, 15) is 13.2 Å². The number of benzene rings is 2. The van der Waals surface area contributed by atoms with Gasteiger partial charge in [-0.15, -0.1) is 0 Å². The fraction of sp³-hybridized carbons (Fsp3) is 0.278. The first-order valence-electron chi connectivity index (χ1n) is 8.09. The molecule has 0 spiro atoms. The molecule has 0 aliphatic carbocycles. The molecule has 1 heterocycles. The standard InChI is InChI=1S/C18H19ClN2O3S/c19-15-4-3-5-17(13-15)25(23,24)20-16-8-6-14(7-9-16)12-18(22)21-10-1-2-11-21/h3-9,13,20H,1-2,10-12H2. The lowest BCUT2D eigenvalue weighted by molar-refractivity contribution is -0.129. The predicted octanol–water partition coefficient (Wildman–Crippen LogP) is 3.31. The van der Waals surface area contributed by atoms with Crippen molar-refractivity contribution >= 4 is 33.2 Å². The van der Waals surface area contributed by atoms with Gasteiger partial charge in [0, 0.05) is 23.8 Å². The van der Waals surface area contributed by atoms with Crippen molar-refractivity contribution in [1.29, 1.82) is 0 Å². The van der Waals surface area contributed by atoms with E-state index in [4.69, 9.17) is 11.6 Å². The average Bonchev–Trinajstić information content (AvgIpc) is 3.11. The maximum Gasteiger partial charge on any atom is 0.261 e. The van der Waals surface area contributed by atoms with Crippen LogP contribution in [0.5, 0.6) is 0 Å². The molecule has 1 aliphatic rings. The molecule has 1 amide bonds. The topological polar surface area (TPSA) is 66.5 Å². The van der Waals surface area contributed by atoms with Gasteiger partial charge < -0.3 is 4.90 Å². The van der Waals surface area contributed by atoms with E-state index in [1.54, 1.807) is 36.4 Å². The van der Waals surface area contributed by atoms with Gasteiger partial charge in [0.05, 0.1) is 11.3 Å². The van der Waals surface area contributed by atoms with Crippen LogP contribution in [0.4, 0.5) is 5.69 Å². The Balaban J connectivity index is 1.67. The molecule has 0 saturated carbocycles. The number of likely N-dealkylation sites (tertiary alicyclic amines) is 1. The summed E-state index contributed by atoms with van der Waals surface area (Å²) in [7, 11) is -3.69. The van der Waals surface area contributed by atoms with E-state index in [2.05, 4.69) is 4.72 Å². The fourth-order valence-corrected chi connectivity index (χ4v) is 4.15.